The van der Waals surface area contributed by atoms with E-state index >= 15 is 0 Å². The van der Waals surface area contributed by atoms with E-state index in [1.54, 1.807) is 12.3 Å². The van der Waals surface area contributed by atoms with Crippen molar-refractivity contribution in [2.24, 2.45) is 0 Å². The number of imidazole rings is 1. The van der Waals surface area contributed by atoms with Gasteiger partial charge in [-0.1, -0.05) is 6.07 Å². The molecule has 4 nitrogen and oxygen atoms in total. The normalized spacial score (nSPS) is 12.8. The molecule has 102 valence electrons. The largest absolute Gasteiger partial charge is 0.610 e. The number of nitrogens with one attached hydrogen (secondary N) is 1. The zero-order valence-electron chi connectivity index (χ0n) is 11.4. The molecule has 1 unspecified atom stereocenters. The van der Waals surface area contributed by atoms with Crippen LogP contribution in [0, 0.1) is 13.8 Å². The van der Waals surface area contributed by atoms with Crippen molar-refractivity contribution in [2.45, 2.75) is 24.6 Å². The predicted octanol–water partition coefficient (Wildman–Crippen LogP) is 2.88. The molecular formula is C15H15N3OS. The van der Waals surface area contributed by atoms with Crippen molar-refractivity contribution in [3.05, 3.63) is 53.5 Å². The smallest absolute Gasteiger partial charge is 0.244 e. The fourth-order valence-electron chi connectivity index (χ4n) is 2.07. The van der Waals surface area contributed by atoms with Gasteiger partial charge in [0.1, 0.15) is 0 Å². The Morgan fingerprint density at radius 2 is 2.00 bits per heavy atom. The second-order valence-corrected chi connectivity index (χ2v) is 6.19. The van der Waals surface area contributed by atoms with Gasteiger partial charge in [-0.3, -0.25) is 0 Å². The highest BCUT2D eigenvalue weighted by Crippen LogP contribution is 2.19. The number of rotatable bonds is 3. The molecule has 0 amide bonds. The van der Waals surface area contributed by atoms with Crippen LogP contribution in [0.15, 0.2) is 41.6 Å². The average molecular weight is 285 g/mol. The number of aryl methyl sites for hydroxylation is 2. The molecule has 3 rings (SSSR count). The number of nitrogens with zero attached hydrogens (tertiary/aromatic N) is 2. The summed E-state index contributed by atoms with van der Waals surface area (Å²) in [5.41, 5.74) is 4.34. The standard InChI is InChI=1S/C15H15N3OS/c1-10-7-12-13(8-11(10)2)18-14(17-12)9-20(19)15-5-3-4-6-16-15/h3-8H,9H2,1-2H3,(H,17,18). The van der Waals surface area contributed by atoms with Crippen LogP contribution in [0.1, 0.15) is 17.0 Å². The molecule has 3 aromatic rings. The molecule has 0 aliphatic carbocycles. The van der Waals surface area contributed by atoms with E-state index in [0.717, 1.165) is 16.9 Å². The van der Waals surface area contributed by atoms with E-state index in [9.17, 15) is 4.55 Å². The zero-order chi connectivity index (χ0) is 14.1. The molecule has 0 aliphatic heterocycles. The Morgan fingerprint density at radius 3 is 2.75 bits per heavy atom. The van der Waals surface area contributed by atoms with Gasteiger partial charge >= 0.3 is 0 Å². The van der Waals surface area contributed by atoms with Crippen LogP contribution in [0.3, 0.4) is 0 Å². The highest BCUT2D eigenvalue weighted by atomic mass is 32.2. The van der Waals surface area contributed by atoms with Crippen LogP contribution in [0.4, 0.5) is 0 Å². The summed E-state index contributed by atoms with van der Waals surface area (Å²) in [5.74, 6) is 1.08. The fourth-order valence-corrected chi connectivity index (χ4v) is 3.01. The lowest BCUT2D eigenvalue weighted by molar-refractivity contribution is 0.589. The highest BCUT2D eigenvalue weighted by molar-refractivity contribution is 7.90. The Hall–Kier alpha value is -1.85. The van der Waals surface area contributed by atoms with Crippen molar-refractivity contribution in [3.63, 3.8) is 0 Å². The van der Waals surface area contributed by atoms with E-state index in [2.05, 4.69) is 34.9 Å². The van der Waals surface area contributed by atoms with Crippen LogP contribution in [0.5, 0.6) is 0 Å². The Kier molecular flexibility index (Phi) is 3.46. The molecular weight excluding hydrogens is 270 g/mol. The summed E-state index contributed by atoms with van der Waals surface area (Å²) in [7, 11) is 0. The molecule has 0 saturated heterocycles. The predicted molar refractivity (Wildman–Crippen MR) is 79.9 cm³/mol. The minimum Gasteiger partial charge on any atom is -0.610 e. The quantitative estimate of drug-likeness (QED) is 0.752. The third kappa shape index (κ3) is 2.55. The van der Waals surface area contributed by atoms with Crippen LogP contribution < -0.4 is 0 Å². The number of pyridine rings is 1. The summed E-state index contributed by atoms with van der Waals surface area (Å²) in [6.07, 6.45) is 1.65. The van der Waals surface area contributed by atoms with E-state index in [1.807, 2.05) is 18.2 Å². The molecule has 1 aromatic carbocycles. The van der Waals surface area contributed by atoms with Crippen LogP contribution in [-0.2, 0) is 16.9 Å². The third-order valence-corrected chi connectivity index (χ3v) is 4.53. The van der Waals surface area contributed by atoms with Gasteiger partial charge in [0.05, 0.1) is 11.0 Å². The van der Waals surface area contributed by atoms with Crippen LogP contribution in [-0.4, -0.2) is 19.5 Å². The van der Waals surface area contributed by atoms with Gasteiger partial charge in [0.15, 0.2) is 11.6 Å². The van der Waals surface area contributed by atoms with Crippen molar-refractivity contribution >= 4 is 22.2 Å². The van der Waals surface area contributed by atoms with Crippen molar-refractivity contribution in [1.29, 1.82) is 0 Å². The summed E-state index contributed by atoms with van der Waals surface area (Å²) in [6.45, 7) is 4.14. The first-order valence-electron chi connectivity index (χ1n) is 6.39. The molecule has 0 saturated carbocycles. The Labute approximate surface area is 120 Å². The number of aromatic amines is 1. The zero-order valence-corrected chi connectivity index (χ0v) is 12.2. The molecule has 0 radical (unpaired) electrons. The first-order valence-corrected chi connectivity index (χ1v) is 7.70. The Balaban J connectivity index is 1.88. The number of H-pyrrole nitrogens is 1. The number of hydrogen-bond donors (Lipinski definition) is 1. The van der Waals surface area contributed by atoms with Gasteiger partial charge in [-0.05, 0) is 43.2 Å². The van der Waals surface area contributed by atoms with Crippen molar-refractivity contribution in [3.8, 4) is 0 Å². The molecule has 1 N–H and O–H groups in total. The van der Waals surface area contributed by atoms with Crippen LogP contribution in [0.25, 0.3) is 11.0 Å². The monoisotopic (exact) mass is 285 g/mol. The first kappa shape index (κ1) is 13.1. The second-order valence-electron chi connectivity index (χ2n) is 4.79. The van der Waals surface area contributed by atoms with E-state index in [1.165, 1.54) is 11.1 Å². The topological polar surface area (TPSA) is 64.6 Å². The Bertz CT molecular complexity index is 700. The SMILES string of the molecule is Cc1cc2nc(C[S+]([O-])c3ccccn3)[nH]c2cc1C. The first-order chi connectivity index (χ1) is 9.63. The maximum atomic E-state index is 12.2. The molecule has 0 spiro atoms. The van der Waals surface area contributed by atoms with Crippen LogP contribution >= 0.6 is 0 Å². The molecule has 0 aliphatic rings. The van der Waals surface area contributed by atoms with E-state index in [0.29, 0.717) is 10.8 Å². The van der Waals surface area contributed by atoms with Gasteiger partial charge in [0, 0.05) is 23.4 Å². The van der Waals surface area contributed by atoms with Gasteiger partial charge in [-0.25, -0.2) is 9.97 Å². The van der Waals surface area contributed by atoms with Gasteiger partial charge in [0.2, 0.25) is 5.03 Å². The second kappa shape index (κ2) is 5.26. The summed E-state index contributed by atoms with van der Waals surface area (Å²) in [6, 6.07) is 9.55. The lowest BCUT2D eigenvalue weighted by Gasteiger charge is -2.06. The third-order valence-electron chi connectivity index (χ3n) is 3.29. The lowest BCUT2D eigenvalue weighted by atomic mass is 10.1. The van der Waals surface area contributed by atoms with Gasteiger partial charge in [-0.15, -0.1) is 0 Å². The number of benzene rings is 1. The Morgan fingerprint density at radius 1 is 1.20 bits per heavy atom. The molecule has 0 fully saturated rings. The van der Waals surface area contributed by atoms with E-state index in [4.69, 9.17) is 0 Å². The molecule has 20 heavy (non-hydrogen) atoms. The minimum absolute atomic E-state index is 0.351. The number of fused-ring (bicyclic) bond motifs is 1. The summed E-state index contributed by atoms with van der Waals surface area (Å²) in [4.78, 5) is 11.9. The van der Waals surface area contributed by atoms with Crippen LogP contribution in [0.2, 0.25) is 0 Å². The minimum atomic E-state index is -1.18. The van der Waals surface area contributed by atoms with Crippen molar-refractivity contribution in [2.75, 3.05) is 0 Å². The molecule has 2 heterocycles. The van der Waals surface area contributed by atoms with Gasteiger partial charge < -0.3 is 9.54 Å². The molecule has 2 aromatic heterocycles. The van der Waals surface area contributed by atoms with Gasteiger partial charge in [0.25, 0.3) is 0 Å². The summed E-state index contributed by atoms with van der Waals surface area (Å²) < 4.78 is 12.2. The maximum Gasteiger partial charge on any atom is 0.244 e. The highest BCUT2D eigenvalue weighted by Gasteiger charge is 2.16. The van der Waals surface area contributed by atoms with Crippen molar-refractivity contribution in [1.82, 2.24) is 15.0 Å². The van der Waals surface area contributed by atoms with E-state index < -0.39 is 11.2 Å². The summed E-state index contributed by atoms with van der Waals surface area (Å²) >= 11 is -1.18. The maximum absolute atomic E-state index is 12.2. The van der Waals surface area contributed by atoms with Gasteiger partial charge in [-0.2, -0.15) is 0 Å². The van der Waals surface area contributed by atoms with Crippen molar-refractivity contribution < 1.29 is 4.55 Å². The average Bonchev–Trinajstić information content (AvgIpc) is 2.81. The lowest BCUT2D eigenvalue weighted by Crippen LogP contribution is -2.07. The molecule has 0 bridgehead atoms. The van der Waals surface area contributed by atoms with E-state index in [-0.39, 0.29) is 0 Å². The molecule has 5 heteroatoms. The molecule has 1 atom stereocenters. The summed E-state index contributed by atoms with van der Waals surface area (Å²) in [5, 5.41) is 0.584. The number of aromatic nitrogens is 3. The number of hydrogen-bond acceptors (Lipinski definition) is 3. The fraction of sp³-hybridized carbons (Fsp3) is 0.200.